The van der Waals surface area contributed by atoms with Crippen LogP contribution < -0.4 is 10.6 Å². The zero-order valence-corrected chi connectivity index (χ0v) is 17.2. The molecule has 2 aliphatic rings. The first-order valence-corrected chi connectivity index (χ1v) is 12.0. The van der Waals surface area contributed by atoms with Gasteiger partial charge in [0.1, 0.15) is 0 Å². The number of hydrogen-bond acceptors (Lipinski definition) is 0. The van der Waals surface area contributed by atoms with E-state index in [0.717, 1.165) is 5.92 Å². The molecule has 1 heteroatoms. The molecular weight excluding hydrogens is 355 g/mol. The molecule has 0 amide bonds. The Bertz CT molecular complexity index is 904. The highest BCUT2D eigenvalue weighted by Crippen LogP contribution is 2.57. The third-order valence-corrected chi connectivity index (χ3v) is 9.19. The van der Waals surface area contributed by atoms with Gasteiger partial charge in [0.25, 0.3) is 0 Å². The molecule has 0 N–H and O–H groups in total. The van der Waals surface area contributed by atoms with Crippen molar-refractivity contribution < 1.29 is 0 Å². The Morgan fingerprint density at radius 1 is 0.643 bits per heavy atom. The van der Waals surface area contributed by atoms with Gasteiger partial charge >= 0.3 is 0 Å². The van der Waals surface area contributed by atoms with Gasteiger partial charge in [-0.2, -0.15) is 0 Å². The Labute approximate surface area is 170 Å². The molecule has 1 fully saturated rings. The van der Waals surface area contributed by atoms with Crippen LogP contribution in [0.1, 0.15) is 37.7 Å². The fourth-order valence-electron chi connectivity index (χ4n) is 5.22. The maximum atomic E-state index is 2.36. The smallest absolute Gasteiger partial charge is 0.0133 e. The van der Waals surface area contributed by atoms with Crippen LogP contribution in [-0.4, -0.2) is 5.66 Å². The first-order chi connectivity index (χ1) is 13.9. The van der Waals surface area contributed by atoms with Gasteiger partial charge in [-0.3, -0.25) is 0 Å². The number of fused-ring (bicyclic) bond motifs is 1. The standard InChI is InChI=1S/C27H27P/c1-4-12-21(13-5-1)27-25-19-11-10-14-22(25)20-26(27)28(23-15-6-2-7-16-23)24-17-8-3-9-18-24/h1-9,12-13,15-18,22,26H,10-11,14,19-20H2/t22-,26+/m1/s1. The van der Waals surface area contributed by atoms with Crippen LogP contribution in [0.3, 0.4) is 0 Å². The molecule has 2 aliphatic carbocycles. The largest absolute Gasteiger partial charge is 0.0626 e. The third kappa shape index (κ3) is 3.36. The Balaban J connectivity index is 1.67. The van der Waals surface area contributed by atoms with Gasteiger partial charge in [-0.05, 0) is 61.3 Å². The average Bonchev–Trinajstić information content (AvgIpc) is 3.15. The second-order valence-corrected chi connectivity index (χ2v) is 10.4. The molecule has 3 aromatic carbocycles. The van der Waals surface area contributed by atoms with Crippen LogP contribution in [0.15, 0.2) is 96.6 Å². The summed E-state index contributed by atoms with van der Waals surface area (Å²) in [7, 11) is -0.410. The fraction of sp³-hybridized carbons (Fsp3) is 0.259. The molecule has 0 bridgehead atoms. The molecule has 2 atom stereocenters. The van der Waals surface area contributed by atoms with Crippen LogP contribution in [-0.2, 0) is 0 Å². The van der Waals surface area contributed by atoms with Gasteiger partial charge in [-0.1, -0.05) is 103 Å². The van der Waals surface area contributed by atoms with Gasteiger partial charge in [0.15, 0.2) is 0 Å². The molecule has 3 aromatic rings. The molecule has 0 aromatic heterocycles. The van der Waals surface area contributed by atoms with Crippen molar-refractivity contribution in [3.63, 3.8) is 0 Å². The van der Waals surface area contributed by atoms with E-state index in [1.54, 1.807) is 11.1 Å². The topological polar surface area (TPSA) is 0 Å². The lowest BCUT2D eigenvalue weighted by molar-refractivity contribution is 0.457. The quantitative estimate of drug-likeness (QED) is 0.450. The summed E-state index contributed by atoms with van der Waals surface area (Å²) >= 11 is 0. The minimum atomic E-state index is -0.410. The van der Waals surface area contributed by atoms with Crippen molar-refractivity contribution >= 4 is 24.1 Å². The predicted molar refractivity (Wildman–Crippen MR) is 123 cm³/mol. The van der Waals surface area contributed by atoms with E-state index in [1.165, 1.54) is 48.3 Å². The van der Waals surface area contributed by atoms with E-state index in [2.05, 4.69) is 91.0 Å². The third-order valence-electron chi connectivity index (χ3n) is 6.39. The summed E-state index contributed by atoms with van der Waals surface area (Å²) in [5.74, 6) is 0.798. The molecule has 0 unspecified atom stereocenters. The van der Waals surface area contributed by atoms with Crippen LogP contribution in [0, 0.1) is 5.92 Å². The van der Waals surface area contributed by atoms with Crippen LogP contribution in [0.4, 0.5) is 0 Å². The minimum absolute atomic E-state index is 0.410. The van der Waals surface area contributed by atoms with Gasteiger partial charge in [0.05, 0.1) is 0 Å². The summed E-state index contributed by atoms with van der Waals surface area (Å²) in [6.07, 6.45) is 6.78. The molecular formula is C27H27P. The first-order valence-electron chi connectivity index (χ1n) is 10.6. The number of hydrogen-bond donors (Lipinski definition) is 0. The van der Waals surface area contributed by atoms with Crippen molar-refractivity contribution in [2.75, 3.05) is 0 Å². The second-order valence-electron chi connectivity index (χ2n) is 8.04. The van der Waals surface area contributed by atoms with E-state index in [4.69, 9.17) is 0 Å². The van der Waals surface area contributed by atoms with Gasteiger partial charge in [-0.25, -0.2) is 0 Å². The van der Waals surface area contributed by atoms with Crippen LogP contribution >= 0.6 is 7.92 Å². The lowest BCUT2D eigenvalue weighted by Crippen LogP contribution is -2.22. The molecule has 0 spiro atoms. The number of rotatable bonds is 4. The average molecular weight is 382 g/mol. The summed E-state index contributed by atoms with van der Waals surface area (Å²) in [6, 6.07) is 33.8. The predicted octanol–water partition coefficient (Wildman–Crippen LogP) is 6.54. The SMILES string of the molecule is c1ccc(C2=C3CCCC[C@@H]3C[C@@H]2P(c2ccccc2)c2ccccc2)cc1. The molecule has 0 radical (unpaired) electrons. The van der Waals surface area contributed by atoms with Crippen molar-refractivity contribution in [1.29, 1.82) is 0 Å². The molecule has 0 saturated heterocycles. The van der Waals surface area contributed by atoms with Gasteiger partial charge in [0.2, 0.25) is 0 Å². The van der Waals surface area contributed by atoms with Crippen LogP contribution in [0.5, 0.6) is 0 Å². The van der Waals surface area contributed by atoms with E-state index >= 15 is 0 Å². The zero-order valence-electron chi connectivity index (χ0n) is 16.3. The van der Waals surface area contributed by atoms with Gasteiger partial charge < -0.3 is 0 Å². The van der Waals surface area contributed by atoms with Crippen molar-refractivity contribution in [2.45, 2.75) is 37.8 Å². The van der Waals surface area contributed by atoms with E-state index in [9.17, 15) is 0 Å². The Morgan fingerprint density at radius 3 is 1.82 bits per heavy atom. The summed E-state index contributed by atoms with van der Waals surface area (Å²) in [5.41, 5.74) is 5.55. The zero-order chi connectivity index (χ0) is 18.8. The highest BCUT2D eigenvalue weighted by atomic mass is 31.1. The summed E-state index contributed by atoms with van der Waals surface area (Å²) < 4.78 is 0. The maximum absolute atomic E-state index is 2.36. The molecule has 140 valence electrons. The van der Waals surface area contributed by atoms with E-state index in [0.29, 0.717) is 5.66 Å². The molecule has 0 aliphatic heterocycles. The molecule has 28 heavy (non-hydrogen) atoms. The van der Waals surface area contributed by atoms with E-state index < -0.39 is 7.92 Å². The molecule has 0 heterocycles. The lowest BCUT2D eigenvalue weighted by Gasteiger charge is -2.28. The highest BCUT2D eigenvalue weighted by molar-refractivity contribution is 7.74. The Morgan fingerprint density at radius 2 is 1.21 bits per heavy atom. The summed E-state index contributed by atoms with van der Waals surface area (Å²) in [4.78, 5) is 0. The fourth-order valence-corrected chi connectivity index (χ4v) is 8.26. The minimum Gasteiger partial charge on any atom is -0.0626 e. The highest BCUT2D eigenvalue weighted by Gasteiger charge is 2.40. The molecule has 0 nitrogen and oxygen atoms in total. The van der Waals surface area contributed by atoms with Crippen molar-refractivity contribution in [3.8, 4) is 0 Å². The normalized spacial score (nSPS) is 21.8. The second kappa shape index (κ2) is 8.06. The van der Waals surface area contributed by atoms with Crippen molar-refractivity contribution in [3.05, 3.63) is 102 Å². The molecule has 1 saturated carbocycles. The monoisotopic (exact) mass is 382 g/mol. The van der Waals surface area contributed by atoms with Crippen molar-refractivity contribution in [1.82, 2.24) is 0 Å². The van der Waals surface area contributed by atoms with Gasteiger partial charge in [-0.15, -0.1) is 0 Å². The summed E-state index contributed by atoms with van der Waals surface area (Å²) in [5, 5.41) is 3.03. The van der Waals surface area contributed by atoms with Crippen LogP contribution in [0.2, 0.25) is 0 Å². The van der Waals surface area contributed by atoms with Gasteiger partial charge in [0, 0.05) is 5.66 Å². The first kappa shape index (κ1) is 17.9. The van der Waals surface area contributed by atoms with E-state index in [1.807, 2.05) is 0 Å². The number of benzene rings is 3. The van der Waals surface area contributed by atoms with Crippen LogP contribution in [0.25, 0.3) is 5.57 Å². The van der Waals surface area contributed by atoms with Crippen molar-refractivity contribution in [2.24, 2.45) is 5.92 Å². The lowest BCUT2D eigenvalue weighted by atomic mass is 9.84. The Kier molecular flexibility index (Phi) is 5.15. The number of allylic oxidation sites excluding steroid dienone is 2. The molecule has 5 rings (SSSR count). The maximum Gasteiger partial charge on any atom is 0.0133 e. The Hall–Kier alpha value is -2.17. The summed E-state index contributed by atoms with van der Waals surface area (Å²) in [6.45, 7) is 0. The van der Waals surface area contributed by atoms with E-state index in [-0.39, 0.29) is 0 Å².